The molecule has 0 saturated heterocycles. The third-order valence-corrected chi connectivity index (χ3v) is 2.43. The first-order chi connectivity index (χ1) is 8.61. The Labute approximate surface area is 103 Å². The van der Waals surface area contributed by atoms with Crippen LogP contribution in [0.2, 0.25) is 0 Å². The molecule has 2 aromatic rings. The Morgan fingerprint density at radius 3 is 2.94 bits per heavy atom. The molecule has 0 bridgehead atoms. The fourth-order valence-corrected chi connectivity index (χ4v) is 1.52. The molecule has 0 spiro atoms. The van der Waals surface area contributed by atoms with E-state index in [1.807, 2.05) is 13.8 Å². The average molecular weight is 248 g/mol. The normalized spacial score (nSPS) is 10.3. The van der Waals surface area contributed by atoms with Crippen molar-refractivity contribution in [3.8, 4) is 11.4 Å². The van der Waals surface area contributed by atoms with Crippen molar-refractivity contribution in [1.29, 1.82) is 0 Å². The number of non-ortho nitro benzene ring substituents is 1. The van der Waals surface area contributed by atoms with Crippen molar-refractivity contribution < 1.29 is 9.45 Å². The minimum absolute atomic E-state index is 0.00500. The molecule has 0 aliphatic rings. The lowest BCUT2D eigenvalue weighted by molar-refractivity contribution is -0.384. The van der Waals surface area contributed by atoms with Crippen LogP contribution in [-0.2, 0) is 0 Å². The Balaban J connectivity index is 2.41. The number of nitrogens with one attached hydrogen (secondary N) is 1. The van der Waals surface area contributed by atoms with Gasteiger partial charge in [-0.1, -0.05) is 11.2 Å². The zero-order valence-electron chi connectivity index (χ0n) is 10.0. The number of rotatable bonds is 4. The summed E-state index contributed by atoms with van der Waals surface area (Å²) in [6, 6.07) is 4.86. The maximum atomic E-state index is 10.7. The summed E-state index contributed by atoms with van der Waals surface area (Å²) in [6.07, 6.45) is 0. The van der Waals surface area contributed by atoms with Gasteiger partial charge < -0.3 is 9.84 Å². The summed E-state index contributed by atoms with van der Waals surface area (Å²) < 4.78 is 4.97. The molecular weight excluding hydrogens is 236 g/mol. The van der Waals surface area contributed by atoms with E-state index in [0.29, 0.717) is 23.9 Å². The maximum Gasteiger partial charge on any atom is 0.321 e. The highest BCUT2D eigenvalue weighted by atomic mass is 16.6. The minimum atomic E-state index is -0.450. The van der Waals surface area contributed by atoms with Crippen molar-refractivity contribution >= 4 is 11.7 Å². The third kappa shape index (κ3) is 2.29. The molecule has 94 valence electrons. The van der Waals surface area contributed by atoms with Gasteiger partial charge in [0.1, 0.15) is 0 Å². The van der Waals surface area contributed by atoms with Crippen molar-refractivity contribution in [2.75, 3.05) is 11.9 Å². The molecule has 1 aromatic heterocycles. The smallest absolute Gasteiger partial charge is 0.321 e. The molecule has 18 heavy (non-hydrogen) atoms. The first-order valence-corrected chi connectivity index (χ1v) is 5.44. The Kier molecular flexibility index (Phi) is 3.22. The molecule has 7 heteroatoms. The second kappa shape index (κ2) is 4.82. The Hall–Kier alpha value is -2.44. The fraction of sp³-hybridized carbons (Fsp3) is 0.273. The number of aromatic nitrogens is 2. The summed E-state index contributed by atoms with van der Waals surface area (Å²) in [7, 11) is 0. The Morgan fingerprint density at radius 2 is 2.28 bits per heavy atom. The molecular formula is C11H12N4O3. The lowest BCUT2D eigenvalue weighted by Crippen LogP contribution is -1.96. The van der Waals surface area contributed by atoms with Gasteiger partial charge in [0.05, 0.1) is 4.92 Å². The number of nitro benzene ring substituents is 1. The number of benzene rings is 1. The Bertz CT molecular complexity index is 579. The van der Waals surface area contributed by atoms with Crippen molar-refractivity contribution in [2.24, 2.45) is 0 Å². The van der Waals surface area contributed by atoms with E-state index in [1.165, 1.54) is 12.1 Å². The quantitative estimate of drug-likeness (QED) is 0.659. The van der Waals surface area contributed by atoms with Gasteiger partial charge in [-0.2, -0.15) is 4.98 Å². The lowest BCUT2D eigenvalue weighted by atomic mass is 10.1. The van der Waals surface area contributed by atoms with Crippen molar-refractivity contribution in [2.45, 2.75) is 13.8 Å². The topological polar surface area (TPSA) is 94.1 Å². The molecule has 1 aromatic carbocycles. The maximum absolute atomic E-state index is 10.7. The van der Waals surface area contributed by atoms with E-state index in [1.54, 1.807) is 6.07 Å². The molecule has 0 saturated carbocycles. The van der Waals surface area contributed by atoms with Gasteiger partial charge in [0.15, 0.2) is 0 Å². The van der Waals surface area contributed by atoms with E-state index in [4.69, 9.17) is 4.52 Å². The molecule has 7 nitrogen and oxygen atoms in total. The monoisotopic (exact) mass is 248 g/mol. The zero-order valence-corrected chi connectivity index (χ0v) is 10.0. The number of nitrogens with zero attached hydrogens (tertiary/aromatic N) is 3. The van der Waals surface area contributed by atoms with Gasteiger partial charge in [-0.25, -0.2) is 0 Å². The van der Waals surface area contributed by atoms with Crippen molar-refractivity contribution in [1.82, 2.24) is 10.1 Å². The highest BCUT2D eigenvalue weighted by molar-refractivity contribution is 5.63. The molecule has 0 unspecified atom stereocenters. The van der Waals surface area contributed by atoms with Crippen LogP contribution in [0, 0.1) is 17.0 Å². The summed E-state index contributed by atoms with van der Waals surface area (Å²) >= 11 is 0. The molecule has 0 amide bonds. The summed E-state index contributed by atoms with van der Waals surface area (Å²) in [5.41, 5.74) is 1.45. The zero-order chi connectivity index (χ0) is 13.1. The molecule has 1 heterocycles. The first-order valence-electron chi connectivity index (χ1n) is 5.44. The van der Waals surface area contributed by atoms with Gasteiger partial charge >= 0.3 is 6.01 Å². The molecule has 0 aliphatic heterocycles. The first kappa shape index (κ1) is 12.0. The van der Waals surface area contributed by atoms with Gasteiger partial charge in [-0.15, -0.1) is 0 Å². The van der Waals surface area contributed by atoms with Crippen LogP contribution in [0.5, 0.6) is 0 Å². The predicted molar refractivity (Wildman–Crippen MR) is 65.3 cm³/mol. The SMILES string of the molecule is CCNc1nc(-c2cc([N+](=O)[O-])ccc2C)no1. The summed E-state index contributed by atoms with van der Waals surface area (Å²) in [5, 5.41) is 17.4. The number of anilines is 1. The predicted octanol–water partition coefficient (Wildman–Crippen LogP) is 2.39. The van der Waals surface area contributed by atoms with Gasteiger partial charge in [0.2, 0.25) is 5.82 Å². The van der Waals surface area contributed by atoms with Crippen LogP contribution in [-0.4, -0.2) is 21.6 Å². The molecule has 2 rings (SSSR count). The molecule has 0 atom stereocenters. The van der Waals surface area contributed by atoms with Gasteiger partial charge in [-0.05, 0) is 19.4 Å². The van der Waals surface area contributed by atoms with E-state index in [2.05, 4.69) is 15.5 Å². The van der Waals surface area contributed by atoms with Crippen LogP contribution in [0.3, 0.4) is 0 Å². The summed E-state index contributed by atoms with van der Waals surface area (Å²) in [6.45, 7) is 4.40. The van der Waals surface area contributed by atoms with Gasteiger partial charge in [0, 0.05) is 24.2 Å². The number of nitro groups is 1. The Morgan fingerprint density at radius 1 is 1.50 bits per heavy atom. The van der Waals surface area contributed by atoms with Crippen LogP contribution in [0.4, 0.5) is 11.7 Å². The van der Waals surface area contributed by atoms with Crippen LogP contribution < -0.4 is 5.32 Å². The fourth-order valence-electron chi connectivity index (χ4n) is 1.52. The van der Waals surface area contributed by atoms with Crippen LogP contribution >= 0.6 is 0 Å². The van der Waals surface area contributed by atoms with Crippen LogP contribution in [0.25, 0.3) is 11.4 Å². The van der Waals surface area contributed by atoms with E-state index >= 15 is 0 Å². The highest BCUT2D eigenvalue weighted by Gasteiger charge is 2.14. The van der Waals surface area contributed by atoms with Gasteiger partial charge in [-0.3, -0.25) is 10.1 Å². The van der Waals surface area contributed by atoms with Crippen molar-refractivity contribution in [3.05, 3.63) is 33.9 Å². The minimum Gasteiger partial charge on any atom is -0.338 e. The van der Waals surface area contributed by atoms with E-state index < -0.39 is 4.92 Å². The number of aryl methyl sites for hydroxylation is 1. The van der Waals surface area contributed by atoms with Crippen molar-refractivity contribution in [3.63, 3.8) is 0 Å². The molecule has 0 radical (unpaired) electrons. The average Bonchev–Trinajstić information content (AvgIpc) is 2.78. The van der Waals surface area contributed by atoms with E-state index in [-0.39, 0.29) is 5.69 Å². The second-order valence-corrected chi connectivity index (χ2v) is 3.71. The number of hydrogen-bond donors (Lipinski definition) is 1. The third-order valence-electron chi connectivity index (χ3n) is 2.43. The molecule has 1 N–H and O–H groups in total. The second-order valence-electron chi connectivity index (χ2n) is 3.71. The van der Waals surface area contributed by atoms with Crippen LogP contribution in [0.1, 0.15) is 12.5 Å². The molecule has 0 fully saturated rings. The van der Waals surface area contributed by atoms with E-state index in [0.717, 1.165) is 5.56 Å². The standard InChI is InChI=1S/C11H12N4O3/c1-3-12-11-13-10(14-18-11)9-6-8(15(16)17)5-4-7(9)2/h4-6H,3H2,1-2H3,(H,12,13,14). The molecule has 0 aliphatic carbocycles. The summed E-state index contributed by atoms with van der Waals surface area (Å²) in [4.78, 5) is 14.4. The largest absolute Gasteiger partial charge is 0.338 e. The van der Waals surface area contributed by atoms with E-state index in [9.17, 15) is 10.1 Å². The number of hydrogen-bond acceptors (Lipinski definition) is 6. The van der Waals surface area contributed by atoms with Gasteiger partial charge in [0.25, 0.3) is 5.69 Å². The summed E-state index contributed by atoms with van der Waals surface area (Å²) in [5.74, 6) is 0.340. The van der Waals surface area contributed by atoms with Crippen LogP contribution in [0.15, 0.2) is 22.7 Å². The lowest BCUT2D eigenvalue weighted by Gasteiger charge is -2.00. The highest BCUT2D eigenvalue weighted by Crippen LogP contribution is 2.26.